The summed E-state index contributed by atoms with van der Waals surface area (Å²) in [5.41, 5.74) is 5.35. The molecule has 2 amide bonds. The van der Waals surface area contributed by atoms with Crippen LogP contribution in [0.3, 0.4) is 0 Å². The van der Waals surface area contributed by atoms with Gasteiger partial charge in [-0.15, -0.1) is 5.10 Å². The third-order valence-corrected chi connectivity index (χ3v) is 4.20. The summed E-state index contributed by atoms with van der Waals surface area (Å²) < 4.78 is 0. The smallest absolute Gasteiger partial charge is 0.293 e. The first-order chi connectivity index (χ1) is 9.56. The molecular weight excluding hydrogens is 258 g/mol. The Morgan fingerprint density at radius 3 is 2.70 bits per heavy atom. The summed E-state index contributed by atoms with van der Waals surface area (Å²) in [4.78, 5) is 29.7. The van der Waals surface area contributed by atoms with E-state index in [1.807, 2.05) is 6.92 Å². The van der Waals surface area contributed by atoms with Gasteiger partial charge in [-0.3, -0.25) is 14.7 Å². The number of aromatic nitrogens is 3. The van der Waals surface area contributed by atoms with E-state index in [2.05, 4.69) is 15.2 Å². The van der Waals surface area contributed by atoms with Gasteiger partial charge in [-0.05, 0) is 32.6 Å². The molecule has 20 heavy (non-hydrogen) atoms. The fourth-order valence-corrected chi connectivity index (χ4v) is 2.66. The average molecular weight is 277 g/mol. The van der Waals surface area contributed by atoms with Crippen molar-refractivity contribution >= 4 is 11.8 Å². The van der Waals surface area contributed by atoms with Gasteiger partial charge in [0.25, 0.3) is 5.91 Å². The van der Waals surface area contributed by atoms with Gasteiger partial charge in [-0.2, -0.15) is 0 Å². The third-order valence-electron chi connectivity index (χ3n) is 4.20. The molecule has 2 aliphatic rings. The fourth-order valence-electron chi connectivity index (χ4n) is 2.66. The molecule has 108 valence electrons. The SMILES string of the molecule is CC1CCC(C(N)=O)CN1C(=O)c1n[nH]c(C2CC2)n1. The standard InChI is InChI=1S/C13H19N5O2/c1-7-2-3-9(10(14)19)6-18(7)13(20)12-15-11(16-17-12)8-4-5-8/h7-9H,2-6H2,1H3,(H2,14,19)(H,15,16,17). The summed E-state index contributed by atoms with van der Waals surface area (Å²) >= 11 is 0. The van der Waals surface area contributed by atoms with E-state index in [1.54, 1.807) is 4.90 Å². The first kappa shape index (κ1) is 13.1. The lowest BCUT2D eigenvalue weighted by molar-refractivity contribution is -0.123. The molecule has 7 heteroatoms. The van der Waals surface area contributed by atoms with E-state index >= 15 is 0 Å². The van der Waals surface area contributed by atoms with Crippen LogP contribution in [0.5, 0.6) is 0 Å². The van der Waals surface area contributed by atoms with Gasteiger partial charge in [0.2, 0.25) is 11.7 Å². The van der Waals surface area contributed by atoms with Crippen molar-refractivity contribution in [2.75, 3.05) is 6.54 Å². The molecule has 2 atom stereocenters. The Morgan fingerprint density at radius 1 is 1.30 bits per heavy atom. The Bertz CT molecular complexity index is 537. The number of carbonyl (C=O) groups is 2. The van der Waals surface area contributed by atoms with Gasteiger partial charge < -0.3 is 10.6 Å². The molecule has 7 nitrogen and oxygen atoms in total. The maximum absolute atomic E-state index is 12.5. The molecule has 2 heterocycles. The summed E-state index contributed by atoms with van der Waals surface area (Å²) in [6.45, 7) is 2.34. The highest BCUT2D eigenvalue weighted by atomic mass is 16.2. The number of nitrogens with two attached hydrogens (primary N) is 1. The van der Waals surface area contributed by atoms with E-state index in [4.69, 9.17) is 5.73 Å². The van der Waals surface area contributed by atoms with Crippen molar-refractivity contribution in [2.24, 2.45) is 11.7 Å². The van der Waals surface area contributed by atoms with Crippen molar-refractivity contribution in [1.82, 2.24) is 20.1 Å². The maximum Gasteiger partial charge on any atom is 0.293 e. The van der Waals surface area contributed by atoms with Crippen LogP contribution in [0.4, 0.5) is 0 Å². The zero-order valence-corrected chi connectivity index (χ0v) is 11.5. The van der Waals surface area contributed by atoms with Crippen molar-refractivity contribution in [3.05, 3.63) is 11.6 Å². The molecule has 2 unspecified atom stereocenters. The first-order valence-electron chi connectivity index (χ1n) is 7.09. The number of amides is 2. The van der Waals surface area contributed by atoms with Gasteiger partial charge in [-0.1, -0.05) is 0 Å². The minimum atomic E-state index is -0.344. The predicted molar refractivity (Wildman–Crippen MR) is 70.8 cm³/mol. The van der Waals surface area contributed by atoms with E-state index < -0.39 is 0 Å². The average Bonchev–Trinajstić information content (AvgIpc) is 3.16. The molecule has 0 spiro atoms. The van der Waals surface area contributed by atoms with Crippen LogP contribution >= 0.6 is 0 Å². The molecule has 2 fully saturated rings. The van der Waals surface area contributed by atoms with E-state index in [1.165, 1.54) is 0 Å². The molecular formula is C13H19N5O2. The van der Waals surface area contributed by atoms with Crippen LogP contribution in [-0.2, 0) is 4.79 Å². The molecule has 0 aromatic carbocycles. The Labute approximate surface area is 116 Å². The Kier molecular flexibility index (Phi) is 3.19. The second kappa shape index (κ2) is 4.88. The largest absolute Gasteiger partial charge is 0.369 e. The summed E-state index contributed by atoms with van der Waals surface area (Å²) in [5, 5.41) is 6.85. The van der Waals surface area contributed by atoms with Crippen molar-refractivity contribution in [2.45, 2.75) is 44.6 Å². The Morgan fingerprint density at radius 2 is 2.05 bits per heavy atom. The number of piperidine rings is 1. The minimum Gasteiger partial charge on any atom is -0.369 e. The summed E-state index contributed by atoms with van der Waals surface area (Å²) in [6, 6.07) is 0.0842. The Hall–Kier alpha value is -1.92. The highest BCUT2D eigenvalue weighted by Gasteiger charge is 2.34. The number of primary amides is 1. The lowest BCUT2D eigenvalue weighted by atomic mass is 9.93. The number of hydrogen-bond acceptors (Lipinski definition) is 4. The summed E-state index contributed by atoms with van der Waals surface area (Å²) in [7, 11) is 0. The lowest BCUT2D eigenvalue weighted by Crippen LogP contribution is -2.48. The van der Waals surface area contributed by atoms with Crippen LogP contribution in [0.2, 0.25) is 0 Å². The van der Waals surface area contributed by atoms with Crippen molar-refractivity contribution < 1.29 is 9.59 Å². The van der Waals surface area contributed by atoms with Crippen molar-refractivity contribution in [1.29, 1.82) is 0 Å². The topological polar surface area (TPSA) is 105 Å². The fraction of sp³-hybridized carbons (Fsp3) is 0.692. The number of hydrogen-bond donors (Lipinski definition) is 2. The third kappa shape index (κ3) is 2.39. The highest BCUT2D eigenvalue weighted by Crippen LogP contribution is 2.37. The minimum absolute atomic E-state index is 0.0842. The number of rotatable bonds is 3. The normalized spacial score (nSPS) is 26.6. The highest BCUT2D eigenvalue weighted by molar-refractivity contribution is 5.91. The van der Waals surface area contributed by atoms with Gasteiger partial charge in [0.1, 0.15) is 5.82 Å². The molecule has 1 saturated carbocycles. The predicted octanol–water partition coefficient (Wildman–Crippen LogP) is 0.408. The van der Waals surface area contributed by atoms with Crippen molar-refractivity contribution in [3.8, 4) is 0 Å². The van der Waals surface area contributed by atoms with Crippen LogP contribution in [0.1, 0.15) is 55.0 Å². The molecule has 1 saturated heterocycles. The zero-order chi connectivity index (χ0) is 14.3. The lowest BCUT2D eigenvalue weighted by Gasteiger charge is -2.36. The molecule has 1 aliphatic carbocycles. The summed E-state index contributed by atoms with van der Waals surface area (Å²) in [5.74, 6) is 0.599. The van der Waals surface area contributed by atoms with E-state index in [0.29, 0.717) is 12.5 Å². The van der Waals surface area contributed by atoms with E-state index in [-0.39, 0.29) is 29.6 Å². The van der Waals surface area contributed by atoms with Crippen LogP contribution in [0.15, 0.2) is 0 Å². The molecule has 3 rings (SSSR count). The van der Waals surface area contributed by atoms with Gasteiger partial charge in [0.05, 0.1) is 5.92 Å². The van der Waals surface area contributed by atoms with Crippen LogP contribution < -0.4 is 5.73 Å². The molecule has 1 aromatic rings. The van der Waals surface area contributed by atoms with Gasteiger partial charge in [-0.25, -0.2) is 4.98 Å². The molecule has 1 aliphatic heterocycles. The van der Waals surface area contributed by atoms with Gasteiger partial charge in [0.15, 0.2) is 0 Å². The number of H-pyrrole nitrogens is 1. The number of nitrogens with zero attached hydrogens (tertiary/aromatic N) is 3. The second-order valence-electron chi connectivity index (χ2n) is 5.80. The van der Waals surface area contributed by atoms with Gasteiger partial charge in [0, 0.05) is 18.5 Å². The maximum atomic E-state index is 12.5. The molecule has 0 radical (unpaired) electrons. The second-order valence-corrected chi connectivity index (χ2v) is 5.80. The van der Waals surface area contributed by atoms with Crippen LogP contribution in [0, 0.1) is 5.92 Å². The number of likely N-dealkylation sites (tertiary alicyclic amines) is 1. The molecule has 3 N–H and O–H groups in total. The number of carbonyl (C=O) groups excluding carboxylic acids is 2. The first-order valence-corrected chi connectivity index (χ1v) is 7.09. The van der Waals surface area contributed by atoms with E-state index in [9.17, 15) is 9.59 Å². The monoisotopic (exact) mass is 277 g/mol. The zero-order valence-electron chi connectivity index (χ0n) is 11.5. The quantitative estimate of drug-likeness (QED) is 0.834. The number of aromatic amines is 1. The molecule has 1 aromatic heterocycles. The van der Waals surface area contributed by atoms with Gasteiger partial charge >= 0.3 is 0 Å². The number of nitrogens with one attached hydrogen (secondary N) is 1. The van der Waals surface area contributed by atoms with E-state index in [0.717, 1.165) is 31.5 Å². The van der Waals surface area contributed by atoms with Crippen LogP contribution in [-0.4, -0.2) is 44.5 Å². The summed E-state index contributed by atoms with van der Waals surface area (Å²) in [6.07, 6.45) is 3.72. The van der Waals surface area contributed by atoms with Crippen LogP contribution in [0.25, 0.3) is 0 Å². The molecule has 0 bridgehead atoms. The Balaban J connectivity index is 1.74. The van der Waals surface area contributed by atoms with Crippen molar-refractivity contribution in [3.63, 3.8) is 0 Å².